The Morgan fingerprint density at radius 1 is 1.07 bits per heavy atom. The molecular weight excluding hydrogens is 190 g/mol. The highest BCUT2D eigenvalue weighted by molar-refractivity contribution is 5.68. The minimum atomic E-state index is -0.0856. The quantitative estimate of drug-likeness (QED) is 0.353. The molecule has 0 saturated heterocycles. The molecular formula is C12H26NO2+. The molecule has 0 aliphatic carbocycles. The molecule has 0 aromatic heterocycles. The van der Waals surface area contributed by atoms with Gasteiger partial charge in [0.2, 0.25) is 0 Å². The molecule has 0 spiro atoms. The van der Waals surface area contributed by atoms with Crippen molar-refractivity contribution in [3.8, 4) is 0 Å². The van der Waals surface area contributed by atoms with Gasteiger partial charge in [-0.25, -0.2) is 0 Å². The van der Waals surface area contributed by atoms with E-state index in [1.165, 1.54) is 0 Å². The van der Waals surface area contributed by atoms with E-state index in [9.17, 15) is 4.79 Å². The number of carbonyl (C=O) groups is 1. The first-order valence-electron chi connectivity index (χ1n) is 6.14. The number of hydrogen-bond acceptors (Lipinski definition) is 2. The van der Waals surface area contributed by atoms with E-state index in [0.29, 0.717) is 13.0 Å². The summed E-state index contributed by atoms with van der Waals surface area (Å²) in [7, 11) is 0. The van der Waals surface area contributed by atoms with Crippen molar-refractivity contribution in [1.29, 1.82) is 0 Å². The molecule has 15 heavy (non-hydrogen) atoms. The molecule has 0 radical (unpaired) electrons. The number of ether oxygens (including phenoxy) is 1. The van der Waals surface area contributed by atoms with Gasteiger partial charge < -0.3 is 9.22 Å². The molecule has 0 aliphatic rings. The van der Waals surface area contributed by atoms with Crippen LogP contribution < -0.4 is 0 Å². The zero-order chi connectivity index (χ0) is 11.7. The van der Waals surface area contributed by atoms with Gasteiger partial charge in [0.05, 0.1) is 32.8 Å². The lowest BCUT2D eigenvalue weighted by Crippen LogP contribution is -2.48. The van der Waals surface area contributed by atoms with Gasteiger partial charge in [0.15, 0.2) is 0 Å². The third-order valence-corrected chi connectivity index (χ3v) is 3.34. The number of hydrogen-bond donors (Lipinski definition) is 0. The third kappa shape index (κ3) is 5.17. The first-order valence-corrected chi connectivity index (χ1v) is 6.14. The van der Waals surface area contributed by atoms with Crippen LogP contribution in [0.15, 0.2) is 0 Å². The number of nitrogens with zero attached hydrogens (tertiary/aromatic N) is 1. The Bertz CT molecular complexity index is 168. The fourth-order valence-corrected chi connectivity index (χ4v) is 1.83. The first-order chi connectivity index (χ1) is 7.14. The normalized spacial score (nSPS) is 11.5. The van der Waals surface area contributed by atoms with E-state index in [-0.39, 0.29) is 5.97 Å². The van der Waals surface area contributed by atoms with E-state index >= 15 is 0 Å². The van der Waals surface area contributed by atoms with Crippen molar-refractivity contribution >= 4 is 5.97 Å². The molecule has 0 atom stereocenters. The molecule has 0 fully saturated rings. The highest BCUT2D eigenvalue weighted by Gasteiger charge is 2.19. The van der Waals surface area contributed by atoms with Gasteiger partial charge in [-0.05, 0) is 20.8 Å². The van der Waals surface area contributed by atoms with E-state index < -0.39 is 0 Å². The molecule has 0 N–H and O–H groups in total. The summed E-state index contributed by atoms with van der Waals surface area (Å²) in [6.07, 6.45) is 1.45. The minimum absolute atomic E-state index is 0.0856. The monoisotopic (exact) mass is 216 g/mol. The average Bonchev–Trinajstić information content (AvgIpc) is 2.30. The third-order valence-electron chi connectivity index (χ3n) is 3.34. The second kappa shape index (κ2) is 7.69. The van der Waals surface area contributed by atoms with Gasteiger partial charge in [0.25, 0.3) is 0 Å². The summed E-state index contributed by atoms with van der Waals surface area (Å²) in [6, 6.07) is 0. The van der Waals surface area contributed by atoms with Crippen molar-refractivity contribution in [2.24, 2.45) is 0 Å². The van der Waals surface area contributed by atoms with Gasteiger partial charge in [-0.2, -0.15) is 0 Å². The van der Waals surface area contributed by atoms with Gasteiger partial charge in [0, 0.05) is 12.8 Å². The standard InChI is InChI=1S/C12H26NO2/c1-5-12(14)15-11-9-10-13(6-2,7-3)8-4/h5-11H2,1-4H3/q+1. The lowest BCUT2D eigenvalue weighted by atomic mass is 10.3. The second-order valence-corrected chi connectivity index (χ2v) is 3.94. The van der Waals surface area contributed by atoms with Crippen LogP contribution in [0.2, 0.25) is 0 Å². The van der Waals surface area contributed by atoms with Crippen molar-refractivity contribution < 1.29 is 14.0 Å². The maximum absolute atomic E-state index is 10.9. The Balaban J connectivity index is 3.76. The molecule has 90 valence electrons. The molecule has 0 heterocycles. The summed E-state index contributed by atoms with van der Waals surface area (Å²) in [4.78, 5) is 10.9. The van der Waals surface area contributed by atoms with Gasteiger partial charge >= 0.3 is 5.97 Å². The number of rotatable bonds is 8. The average molecular weight is 216 g/mol. The summed E-state index contributed by atoms with van der Waals surface area (Å²) in [5, 5.41) is 0. The highest BCUT2D eigenvalue weighted by atomic mass is 16.5. The van der Waals surface area contributed by atoms with Crippen LogP contribution in [0, 0.1) is 0 Å². The maximum Gasteiger partial charge on any atom is 0.305 e. The van der Waals surface area contributed by atoms with Crippen molar-refractivity contribution in [3.05, 3.63) is 0 Å². The molecule has 0 rings (SSSR count). The number of carbonyl (C=O) groups excluding carboxylic acids is 1. The van der Waals surface area contributed by atoms with E-state index in [0.717, 1.165) is 37.1 Å². The van der Waals surface area contributed by atoms with Gasteiger partial charge in [0.1, 0.15) is 0 Å². The molecule has 3 nitrogen and oxygen atoms in total. The summed E-state index contributed by atoms with van der Waals surface area (Å²) in [5.74, 6) is -0.0856. The summed E-state index contributed by atoms with van der Waals surface area (Å²) < 4.78 is 6.20. The fraction of sp³-hybridized carbons (Fsp3) is 0.917. The van der Waals surface area contributed by atoms with Crippen LogP contribution in [0.4, 0.5) is 0 Å². The molecule has 3 heteroatoms. The number of esters is 1. The highest BCUT2D eigenvalue weighted by Crippen LogP contribution is 2.07. The Hall–Kier alpha value is -0.570. The topological polar surface area (TPSA) is 26.3 Å². The Morgan fingerprint density at radius 3 is 2.00 bits per heavy atom. The zero-order valence-corrected chi connectivity index (χ0v) is 10.7. The maximum atomic E-state index is 10.9. The largest absolute Gasteiger partial charge is 0.465 e. The van der Waals surface area contributed by atoms with Crippen LogP contribution in [-0.2, 0) is 9.53 Å². The Labute approximate surface area is 94.0 Å². The second-order valence-electron chi connectivity index (χ2n) is 3.94. The molecule has 0 aromatic rings. The molecule has 0 aliphatic heterocycles. The van der Waals surface area contributed by atoms with Gasteiger partial charge in [-0.15, -0.1) is 0 Å². The zero-order valence-electron chi connectivity index (χ0n) is 10.7. The van der Waals surface area contributed by atoms with Crippen molar-refractivity contribution in [1.82, 2.24) is 0 Å². The van der Waals surface area contributed by atoms with Crippen LogP contribution in [0.1, 0.15) is 40.5 Å². The summed E-state index contributed by atoms with van der Waals surface area (Å²) >= 11 is 0. The Morgan fingerprint density at radius 2 is 1.60 bits per heavy atom. The van der Waals surface area contributed by atoms with Gasteiger partial charge in [-0.1, -0.05) is 6.92 Å². The first kappa shape index (κ1) is 14.4. The fourth-order valence-electron chi connectivity index (χ4n) is 1.83. The van der Waals surface area contributed by atoms with Gasteiger partial charge in [-0.3, -0.25) is 4.79 Å². The van der Waals surface area contributed by atoms with Crippen molar-refractivity contribution in [2.45, 2.75) is 40.5 Å². The molecule has 0 bridgehead atoms. The van der Waals surface area contributed by atoms with Crippen molar-refractivity contribution in [3.63, 3.8) is 0 Å². The molecule has 0 saturated carbocycles. The van der Waals surface area contributed by atoms with E-state index in [2.05, 4.69) is 20.8 Å². The lowest BCUT2D eigenvalue weighted by molar-refractivity contribution is -0.923. The predicted molar refractivity (Wildman–Crippen MR) is 62.6 cm³/mol. The molecule has 0 amide bonds. The SMILES string of the molecule is CCC(=O)OCCC[N+](CC)(CC)CC. The van der Waals surface area contributed by atoms with Crippen LogP contribution in [-0.4, -0.2) is 43.2 Å². The van der Waals surface area contributed by atoms with E-state index in [4.69, 9.17) is 4.74 Å². The predicted octanol–water partition coefficient (Wildman–Crippen LogP) is 2.21. The van der Waals surface area contributed by atoms with E-state index in [1.54, 1.807) is 0 Å². The molecule has 0 aromatic carbocycles. The summed E-state index contributed by atoms with van der Waals surface area (Å²) in [6.45, 7) is 13.7. The van der Waals surface area contributed by atoms with Crippen LogP contribution in [0.3, 0.4) is 0 Å². The van der Waals surface area contributed by atoms with Crippen LogP contribution in [0.25, 0.3) is 0 Å². The Kier molecular flexibility index (Phi) is 7.39. The minimum Gasteiger partial charge on any atom is -0.465 e. The van der Waals surface area contributed by atoms with Crippen LogP contribution in [0.5, 0.6) is 0 Å². The lowest BCUT2D eigenvalue weighted by Gasteiger charge is -2.35. The summed E-state index contributed by atoms with van der Waals surface area (Å²) in [5.41, 5.74) is 0. The van der Waals surface area contributed by atoms with Crippen molar-refractivity contribution in [2.75, 3.05) is 32.8 Å². The smallest absolute Gasteiger partial charge is 0.305 e. The van der Waals surface area contributed by atoms with Crippen LogP contribution >= 0.6 is 0 Å². The van der Waals surface area contributed by atoms with E-state index in [1.807, 2.05) is 6.92 Å². The number of quaternary nitrogens is 1. The molecule has 0 unspecified atom stereocenters.